The molecular weight excluding hydrogens is 320 g/mol. The predicted octanol–water partition coefficient (Wildman–Crippen LogP) is 4.71. The van der Waals surface area contributed by atoms with Crippen molar-refractivity contribution in [2.45, 2.75) is 58.5 Å². The highest BCUT2D eigenvalue weighted by atomic mass is 16.3. The lowest BCUT2D eigenvalue weighted by Crippen LogP contribution is -2.47. The molecule has 0 amide bonds. The lowest BCUT2D eigenvalue weighted by atomic mass is 9.49. The molecule has 1 heterocycles. The molecule has 5 rings (SSSR count). The molecule has 4 aliphatic carbocycles. The van der Waals surface area contributed by atoms with Crippen LogP contribution in [0.4, 0.5) is 0 Å². The van der Waals surface area contributed by atoms with Crippen LogP contribution in [0.1, 0.15) is 57.9 Å². The van der Waals surface area contributed by atoms with Crippen LogP contribution in [-0.4, -0.2) is 21.2 Å². The molecule has 0 radical (unpaired) electrons. The van der Waals surface area contributed by atoms with Crippen molar-refractivity contribution in [3.63, 3.8) is 0 Å². The first kappa shape index (κ1) is 16.4. The Morgan fingerprint density at radius 3 is 2.69 bits per heavy atom. The van der Waals surface area contributed by atoms with Crippen LogP contribution in [0.25, 0.3) is 5.57 Å². The van der Waals surface area contributed by atoms with Crippen molar-refractivity contribution >= 4 is 5.57 Å². The van der Waals surface area contributed by atoms with E-state index in [2.05, 4.69) is 42.0 Å². The molecule has 2 saturated carbocycles. The second-order valence-corrected chi connectivity index (χ2v) is 9.19. The van der Waals surface area contributed by atoms with Gasteiger partial charge in [0.2, 0.25) is 0 Å². The average molecular weight is 348 g/mol. The van der Waals surface area contributed by atoms with Crippen molar-refractivity contribution in [3.05, 3.63) is 53.7 Å². The van der Waals surface area contributed by atoms with E-state index in [0.717, 1.165) is 25.7 Å². The number of aliphatic hydroxyl groups excluding tert-OH is 1. The van der Waals surface area contributed by atoms with Gasteiger partial charge in [-0.05, 0) is 61.3 Å². The van der Waals surface area contributed by atoms with E-state index < -0.39 is 0 Å². The Morgan fingerprint density at radius 1 is 1.08 bits per heavy atom. The lowest BCUT2D eigenvalue weighted by molar-refractivity contribution is 0.0369. The van der Waals surface area contributed by atoms with Crippen molar-refractivity contribution in [3.8, 4) is 0 Å². The van der Waals surface area contributed by atoms with Crippen LogP contribution in [0.2, 0.25) is 0 Å². The van der Waals surface area contributed by atoms with Crippen molar-refractivity contribution in [2.24, 2.45) is 22.7 Å². The highest BCUT2D eigenvalue weighted by Crippen LogP contribution is 2.64. The van der Waals surface area contributed by atoms with Gasteiger partial charge in [0.15, 0.2) is 0 Å². The standard InChI is InChI=1S/C23H28N2O/c1-22-9-7-17(26)11-16(22)3-4-18-20-6-5-19(15-12-24-14-25-13-15)23(20,2)10-8-21(18)22/h3,5-6,12-14,17-18,21,26H,4,7-11H2,1-2H3/t17-,18-,21-,22-,23+/m0/s1. The zero-order chi connectivity index (χ0) is 17.9. The SMILES string of the molecule is C[C@]12CC[C@H]3[C@@H](CC=C4C[C@@H](O)CC[C@@]43C)C1=CC=C2c1cncnc1. The Balaban J connectivity index is 1.50. The van der Waals surface area contributed by atoms with Gasteiger partial charge in [0.05, 0.1) is 6.10 Å². The van der Waals surface area contributed by atoms with Crippen LogP contribution in [0, 0.1) is 22.7 Å². The van der Waals surface area contributed by atoms with Gasteiger partial charge in [0.1, 0.15) is 6.33 Å². The van der Waals surface area contributed by atoms with Gasteiger partial charge in [-0.2, -0.15) is 0 Å². The summed E-state index contributed by atoms with van der Waals surface area (Å²) >= 11 is 0. The van der Waals surface area contributed by atoms with Crippen LogP contribution in [-0.2, 0) is 0 Å². The zero-order valence-corrected chi connectivity index (χ0v) is 15.8. The van der Waals surface area contributed by atoms with Crippen LogP contribution < -0.4 is 0 Å². The minimum absolute atomic E-state index is 0.127. The summed E-state index contributed by atoms with van der Waals surface area (Å²) in [5.41, 5.74) is 6.12. The molecule has 1 N–H and O–H groups in total. The molecule has 1 aromatic rings. The van der Waals surface area contributed by atoms with Crippen LogP contribution in [0.15, 0.2) is 48.1 Å². The van der Waals surface area contributed by atoms with E-state index >= 15 is 0 Å². The van der Waals surface area contributed by atoms with E-state index in [-0.39, 0.29) is 16.9 Å². The number of aliphatic hydroxyl groups is 1. The van der Waals surface area contributed by atoms with Crippen LogP contribution in [0.3, 0.4) is 0 Å². The summed E-state index contributed by atoms with van der Waals surface area (Å²) in [4.78, 5) is 8.49. The summed E-state index contributed by atoms with van der Waals surface area (Å²) < 4.78 is 0. The smallest absolute Gasteiger partial charge is 0.115 e. The Hall–Kier alpha value is -1.74. The number of nitrogens with zero attached hydrogens (tertiary/aromatic N) is 2. The van der Waals surface area contributed by atoms with E-state index in [4.69, 9.17) is 0 Å². The maximum Gasteiger partial charge on any atom is 0.115 e. The summed E-state index contributed by atoms with van der Waals surface area (Å²) in [5.74, 6) is 1.35. The first-order valence-corrected chi connectivity index (χ1v) is 10.1. The fourth-order valence-electron chi connectivity index (χ4n) is 6.50. The molecule has 3 nitrogen and oxygen atoms in total. The third-order valence-corrected chi connectivity index (χ3v) is 8.00. The first-order valence-electron chi connectivity index (χ1n) is 10.1. The normalized spacial score (nSPS) is 41.3. The highest BCUT2D eigenvalue weighted by molar-refractivity contribution is 5.77. The molecule has 136 valence electrons. The quantitative estimate of drug-likeness (QED) is 0.747. The molecule has 0 aliphatic heterocycles. The number of rotatable bonds is 1. The monoisotopic (exact) mass is 348 g/mol. The predicted molar refractivity (Wildman–Crippen MR) is 103 cm³/mol. The molecule has 0 aromatic carbocycles. The number of aromatic nitrogens is 2. The molecule has 1 aromatic heterocycles. The Kier molecular flexibility index (Phi) is 3.56. The van der Waals surface area contributed by atoms with Gasteiger partial charge in [-0.3, -0.25) is 0 Å². The summed E-state index contributed by atoms with van der Waals surface area (Å²) in [5, 5.41) is 10.1. The molecule has 4 aliphatic rings. The zero-order valence-electron chi connectivity index (χ0n) is 15.8. The van der Waals surface area contributed by atoms with Gasteiger partial charge in [-0.25, -0.2) is 9.97 Å². The second-order valence-electron chi connectivity index (χ2n) is 9.19. The van der Waals surface area contributed by atoms with Gasteiger partial charge >= 0.3 is 0 Å². The van der Waals surface area contributed by atoms with E-state index in [1.54, 1.807) is 11.9 Å². The van der Waals surface area contributed by atoms with Crippen molar-refractivity contribution in [1.29, 1.82) is 0 Å². The number of fused-ring (bicyclic) bond motifs is 5. The van der Waals surface area contributed by atoms with Crippen LogP contribution in [0.5, 0.6) is 0 Å². The Labute approximate surface area is 156 Å². The fraction of sp³-hybridized carbons (Fsp3) is 0.565. The van der Waals surface area contributed by atoms with E-state index in [1.165, 1.54) is 29.6 Å². The molecule has 3 heteroatoms. The minimum Gasteiger partial charge on any atom is -0.393 e. The molecule has 5 atom stereocenters. The largest absolute Gasteiger partial charge is 0.393 e. The number of hydrogen-bond donors (Lipinski definition) is 1. The summed E-state index contributed by atoms with van der Waals surface area (Å²) in [6.45, 7) is 4.90. The summed E-state index contributed by atoms with van der Waals surface area (Å²) in [6.07, 6.45) is 19.2. The van der Waals surface area contributed by atoms with Gasteiger partial charge in [-0.1, -0.05) is 43.2 Å². The first-order chi connectivity index (χ1) is 12.5. The van der Waals surface area contributed by atoms with E-state index in [0.29, 0.717) is 11.8 Å². The Bertz CT molecular complexity index is 824. The topological polar surface area (TPSA) is 46.0 Å². The average Bonchev–Trinajstić information content (AvgIpc) is 3.00. The fourth-order valence-corrected chi connectivity index (χ4v) is 6.50. The lowest BCUT2D eigenvalue weighted by Gasteiger charge is -2.56. The Morgan fingerprint density at radius 2 is 1.88 bits per heavy atom. The third-order valence-electron chi connectivity index (χ3n) is 8.00. The van der Waals surface area contributed by atoms with Gasteiger partial charge in [-0.15, -0.1) is 0 Å². The molecule has 26 heavy (non-hydrogen) atoms. The highest BCUT2D eigenvalue weighted by Gasteiger charge is 2.54. The van der Waals surface area contributed by atoms with Crippen molar-refractivity contribution in [2.75, 3.05) is 0 Å². The minimum atomic E-state index is -0.128. The molecule has 2 fully saturated rings. The summed E-state index contributed by atoms with van der Waals surface area (Å²) in [6, 6.07) is 0. The number of allylic oxidation sites excluding steroid dienone is 5. The molecule has 0 saturated heterocycles. The molecular formula is C23H28N2O. The summed E-state index contributed by atoms with van der Waals surface area (Å²) in [7, 11) is 0. The molecule has 0 bridgehead atoms. The number of hydrogen-bond acceptors (Lipinski definition) is 3. The molecule has 0 spiro atoms. The van der Waals surface area contributed by atoms with Gasteiger partial charge in [0.25, 0.3) is 0 Å². The van der Waals surface area contributed by atoms with E-state index in [9.17, 15) is 5.11 Å². The van der Waals surface area contributed by atoms with Crippen LogP contribution >= 0.6 is 0 Å². The van der Waals surface area contributed by atoms with Gasteiger partial charge in [0, 0.05) is 23.4 Å². The van der Waals surface area contributed by atoms with Crippen molar-refractivity contribution in [1.82, 2.24) is 9.97 Å². The second kappa shape index (κ2) is 5.63. The van der Waals surface area contributed by atoms with Gasteiger partial charge < -0.3 is 5.11 Å². The molecule has 0 unspecified atom stereocenters. The maximum absolute atomic E-state index is 10.1. The van der Waals surface area contributed by atoms with Crippen molar-refractivity contribution < 1.29 is 5.11 Å². The maximum atomic E-state index is 10.1. The van der Waals surface area contributed by atoms with E-state index in [1.807, 2.05) is 12.4 Å². The third kappa shape index (κ3) is 2.16.